The van der Waals surface area contributed by atoms with Gasteiger partial charge in [0, 0.05) is 34.8 Å². The van der Waals surface area contributed by atoms with Gasteiger partial charge in [0.1, 0.15) is 0 Å². The second kappa shape index (κ2) is 10.7. The second-order valence-corrected chi connectivity index (χ2v) is 8.02. The van der Waals surface area contributed by atoms with Crippen LogP contribution >= 0.6 is 22.6 Å². The third-order valence-electron chi connectivity index (χ3n) is 4.81. The first-order chi connectivity index (χ1) is 14.1. The number of pyridine rings is 1. The van der Waals surface area contributed by atoms with Crippen LogP contribution in [0.2, 0.25) is 0 Å². The molecule has 1 amide bonds. The number of aliphatic hydroxyl groups excluding tert-OH is 1. The van der Waals surface area contributed by atoms with Gasteiger partial charge in [0.25, 0.3) is 5.91 Å². The summed E-state index contributed by atoms with van der Waals surface area (Å²) in [6.07, 6.45) is 5.91. The van der Waals surface area contributed by atoms with Gasteiger partial charge >= 0.3 is 0 Å². The van der Waals surface area contributed by atoms with Crippen LogP contribution in [0.3, 0.4) is 0 Å². The number of anilines is 1. The van der Waals surface area contributed by atoms with Crippen molar-refractivity contribution in [3.8, 4) is 0 Å². The Morgan fingerprint density at radius 3 is 2.76 bits per heavy atom. The largest absolute Gasteiger partial charge is 0.459 e. The summed E-state index contributed by atoms with van der Waals surface area (Å²) in [6.45, 7) is 2.48. The van der Waals surface area contributed by atoms with Gasteiger partial charge in [0.15, 0.2) is 5.76 Å². The van der Waals surface area contributed by atoms with Gasteiger partial charge in [-0.3, -0.25) is 9.78 Å². The summed E-state index contributed by atoms with van der Waals surface area (Å²) >= 11 is 2.27. The minimum Gasteiger partial charge on any atom is -0.459 e. The molecule has 3 rings (SSSR count). The highest BCUT2D eigenvalue weighted by molar-refractivity contribution is 14.1. The van der Waals surface area contributed by atoms with E-state index in [9.17, 15) is 9.90 Å². The Hall–Kier alpha value is -1.97. The van der Waals surface area contributed by atoms with Crippen molar-refractivity contribution in [3.05, 3.63) is 69.8 Å². The first kappa shape index (κ1) is 21.7. The van der Waals surface area contributed by atoms with Gasteiger partial charge in [0.2, 0.25) is 6.29 Å². The molecule has 0 saturated heterocycles. The third kappa shape index (κ3) is 5.77. The fourth-order valence-corrected chi connectivity index (χ4v) is 3.82. The second-order valence-electron chi connectivity index (χ2n) is 6.78. The predicted molar refractivity (Wildman–Crippen MR) is 119 cm³/mol. The van der Waals surface area contributed by atoms with Crippen molar-refractivity contribution < 1.29 is 19.4 Å². The van der Waals surface area contributed by atoms with Gasteiger partial charge < -0.3 is 19.9 Å². The molecule has 7 heteroatoms. The molecule has 0 unspecified atom stereocenters. The number of hydrogen-bond acceptors (Lipinski definition) is 5. The number of benzene rings is 1. The molecule has 1 aliphatic heterocycles. The Morgan fingerprint density at radius 1 is 1.31 bits per heavy atom. The lowest BCUT2D eigenvalue weighted by atomic mass is 9.80. The number of ether oxygens (including phenoxy) is 2. The number of carbonyl (C=O) groups is 1. The standard InChI is InChI=1S/C22H25IN2O4/c1-2-28-22-18(6-4-12-26)19(15-7-9-16(23)10-8-15)13-20(29-22)21(27)25-17-5-3-11-24-14-17/h3,5,7-11,13-14,18-19,22,26H,2,4,6,12H2,1H3,(H,25,27)/t18-,19+,22+/m0/s1. The quantitative estimate of drug-likeness (QED) is 0.526. The van der Waals surface area contributed by atoms with E-state index in [1.807, 2.05) is 25.1 Å². The normalized spacial score (nSPS) is 21.2. The highest BCUT2D eigenvalue weighted by Gasteiger charge is 2.37. The van der Waals surface area contributed by atoms with Gasteiger partial charge in [-0.2, -0.15) is 0 Å². The monoisotopic (exact) mass is 508 g/mol. The van der Waals surface area contributed by atoms with E-state index >= 15 is 0 Å². The number of carbonyl (C=O) groups excluding carboxylic acids is 1. The number of allylic oxidation sites excluding steroid dienone is 1. The first-order valence-electron chi connectivity index (χ1n) is 9.70. The zero-order chi connectivity index (χ0) is 20.6. The molecule has 154 valence electrons. The Morgan fingerprint density at radius 2 is 2.10 bits per heavy atom. The molecule has 2 heterocycles. The van der Waals surface area contributed by atoms with Crippen LogP contribution < -0.4 is 5.32 Å². The Labute approximate surface area is 184 Å². The van der Waals surface area contributed by atoms with E-state index in [-0.39, 0.29) is 30.1 Å². The topological polar surface area (TPSA) is 80.7 Å². The lowest BCUT2D eigenvalue weighted by Gasteiger charge is -2.37. The highest BCUT2D eigenvalue weighted by atomic mass is 127. The minimum absolute atomic E-state index is 0.00268. The molecule has 0 radical (unpaired) electrons. The maximum Gasteiger partial charge on any atom is 0.290 e. The van der Waals surface area contributed by atoms with Gasteiger partial charge in [-0.05, 0) is 78.3 Å². The molecular formula is C22H25IN2O4. The van der Waals surface area contributed by atoms with Gasteiger partial charge in [0.05, 0.1) is 11.9 Å². The number of amides is 1. The Balaban J connectivity index is 1.92. The maximum atomic E-state index is 12.8. The summed E-state index contributed by atoms with van der Waals surface area (Å²) in [5, 5.41) is 12.2. The Bertz CT molecular complexity index is 826. The summed E-state index contributed by atoms with van der Waals surface area (Å²) in [5.41, 5.74) is 1.69. The smallest absolute Gasteiger partial charge is 0.290 e. The van der Waals surface area contributed by atoms with Crippen molar-refractivity contribution in [2.24, 2.45) is 5.92 Å². The number of nitrogens with zero attached hydrogens (tertiary/aromatic N) is 1. The molecule has 6 nitrogen and oxygen atoms in total. The Kier molecular flexibility index (Phi) is 8.02. The highest BCUT2D eigenvalue weighted by Crippen LogP contribution is 2.39. The van der Waals surface area contributed by atoms with Crippen molar-refractivity contribution in [1.29, 1.82) is 0 Å². The zero-order valence-corrected chi connectivity index (χ0v) is 18.4. The summed E-state index contributed by atoms with van der Waals surface area (Å²) < 4.78 is 13.0. The molecular weight excluding hydrogens is 483 g/mol. The lowest BCUT2D eigenvalue weighted by molar-refractivity contribution is -0.165. The number of rotatable bonds is 8. The van der Waals surface area contributed by atoms with Crippen LogP contribution in [-0.2, 0) is 14.3 Å². The summed E-state index contributed by atoms with van der Waals surface area (Å²) in [4.78, 5) is 16.9. The van der Waals surface area contributed by atoms with Crippen LogP contribution in [0.1, 0.15) is 31.2 Å². The number of aromatic nitrogens is 1. The molecule has 0 spiro atoms. The van der Waals surface area contributed by atoms with E-state index in [4.69, 9.17) is 9.47 Å². The molecule has 0 bridgehead atoms. The fraction of sp³-hybridized carbons (Fsp3) is 0.364. The van der Waals surface area contributed by atoms with Crippen LogP contribution in [-0.4, -0.2) is 35.5 Å². The van der Waals surface area contributed by atoms with E-state index in [2.05, 4.69) is 45.0 Å². The van der Waals surface area contributed by atoms with Crippen molar-refractivity contribution >= 4 is 34.2 Å². The van der Waals surface area contributed by atoms with E-state index in [1.54, 1.807) is 24.5 Å². The van der Waals surface area contributed by atoms with Crippen molar-refractivity contribution in [2.45, 2.75) is 32.0 Å². The average Bonchev–Trinajstić information content (AvgIpc) is 2.74. The average molecular weight is 508 g/mol. The molecule has 0 saturated carbocycles. The number of halogens is 1. The molecule has 29 heavy (non-hydrogen) atoms. The minimum atomic E-state index is -0.560. The molecule has 2 N–H and O–H groups in total. The zero-order valence-electron chi connectivity index (χ0n) is 16.3. The van der Waals surface area contributed by atoms with E-state index in [1.165, 1.54) is 0 Å². The first-order valence-corrected chi connectivity index (χ1v) is 10.8. The summed E-state index contributed by atoms with van der Waals surface area (Å²) in [7, 11) is 0. The van der Waals surface area contributed by atoms with Crippen molar-refractivity contribution in [1.82, 2.24) is 4.98 Å². The molecule has 1 aromatic heterocycles. The van der Waals surface area contributed by atoms with E-state index in [0.29, 0.717) is 18.7 Å². The maximum absolute atomic E-state index is 12.8. The van der Waals surface area contributed by atoms with Crippen LogP contribution in [0, 0.1) is 9.49 Å². The van der Waals surface area contributed by atoms with Gasteiger partial charge in [-0.25, -0.2) is 0 Å². The molecule has 1 aromatic carbocycles. The van der Waals surface area contributed by atoms with Crippen molar-refractivity contribution in [2.75, 3.05) is 18.5 Å². The number of nitrogens with one attached hydrogen (secondary N) is 1. The van der Waals surface area contributed by atoms with Crippen LogP contribution in [0.4, 0.5) is 5.69 Å². The molecule has 2 aromatic rings. The van der Waals surface area contributed by atoms with Crippen LogP contribution in [0.15, 0.2) is 60.6 Å². The van der Waals surface area contributed by atoms with E-state index < -0.39 is 6.29 Å². The third-order valence-corrected chi connectivity index (χ3v) is 5.53. The number of hydrogen-bond donors (Lipinski definition) is 2. The van der Waals surface area contributed by atoms with Gasteiger partial charge in [-0.1, -0.05) is 12.1 Å². The SMILES string of the molecule is CCO[C@@H]1OC(C(=O)Nc2cccnc2)=C[C@H](c2ccc(I)cc2)[C@@H]1CCCO. The number of aliphatic hydroxyl groups is 1. The molecule has 0 aliphatic carbocycles. The predicted octanol–water partition coefficient (Wildman–Crippen LogP) is 4.07. The van der Waals surface area contributed by atoms with Crippen LogP contribution in [0.5, 0.6) is 0 Å². The van der Waals surface area contributed by atoms with Crippen molar-refractivity contribution in [3.63, 3.8) is 0 Å². The molecule has 3 atom stereocenters. The summed E-state index contributed by atoms with van der Waals surface area (Å²) in [6, 6.07) is 11.8. The lowest BCUT2D eigenvalue weighted by Crippen LogP contribution is -2.37. The molecule has 0 fully saturated rings. The van der Waals surface area contributed by atoms with E-state index in [0.717, 1.165) is 15.6 Å². The van der Waals surface area contributed by atoms with Gasteiger partial charge in [-0.15, -0.1) is 0 Å². The molecule has 1 aliphatic rings. The van der Waals surface area contributed by atoms with Crippen LogP contribution in [0.25, 0.3) is 0 Å². The summed E-state index contributed by atoms with van der Waals surface area (Å²) in [5.74, 6) is -0.162. The fourth-order valence-electron chi connectivity index (χ4n) is 3.46.